The van der Waals surface area contributed by atoms with Crippen molar-refractivity contribution in [2.24, 2.45) is 10.7 Å². The summed E-state index contributed by atoms with van der Waals surface area (Å²) in [6, 6.07) is 5.88. The van der Waals surface area contributed by atoms with Crippen LogP contribution in [0.4, 0.5) is 5.69 Å². The average molecular weight is 483 g/mol. The number of guanidine groups is 1. The number of nitrogens with zero attached hydrogens (tertiary/aromatic N) is 3. The molecule has 1 heterocycles. The molecule has 9 heteroatoms. The summed E-state index contributed by atoms with van der Waals surface area (Å²) in [5.74, 6) is 0.110. The van der Waals surface area contributed by atoms with Gasteiger partial charge in [-0.15, -0.1) is 17.0 Å². The van der Waals surface area contributed by atoms with E-state index < -0.39 is 5.97 Å². The van der Waals surface area contributed by atoms with Gasteiger partial charge in [0.25, 0.3) is 0 Å². The van der Waals surface area contributed by atoms with Gasteiger partial charge in [-0.25, -0.2) is 4.99 Å². The molecule has 166 valence electrons. The number of ether oxygens (including phenoxy) is 1. The second-order valence-corrected chi connectivity index (χ2v) is 7.76. The molecule has 1 aliphatic heterocycles. The lowest BCUT2D eigenvalue weighted by molar-refractivity contribution is -0.137. The number of aliphatic imine (C=N–C) groups is 1. The van der Waals surface area contributed by atoms with E-state index in [1.54, 1.807) is 0 Å². The summed E-state index contributed by atoms with van der Waals surface area (Å²) < 4.78 is 5.81. The van der Waals surface area contributed by atoms with Gasteiger partial charge in [0, 0.05) is 31.6 Å². The summed E-state index contributed by atoms with van der Waals surface area (Å²) in [5.41, 5.74) is 7.42. The number of carboxylic acid groups (broad SMARTS) is 1. The van der Waals surface area contributed by atoms with Crippen molar-refractivity contribution < 1.29 is 19.4 Å². The van der Waals surface area contributed by atoms with Gasteiger partial charge in [-0.1, -0.05) is 19.3 Å². The number of fused-ring (bicyclic) bond motifs is 1. The Kier molecular flexibility index (Phi) is 8.95. The number of carbonyl (C=O) groups excluding carboxylic acids is 1. The molecule has 0 bridgehead atoms. The Morgan fingerprint density at radius 2 is 2.03 bits per heavy atom. The SMILES string of the molecule is Br.CN(C(=O)CCCOc1ccc2c(c1)CN(CC(=O)O)C(N)=N2)C1CCCCC1. The van der Waals surface area contributed by atoms with Gasteiger partial charge in [0.05, 0.1) is 12.3 Å². The minimum absolute atomic E-state index is 0. The summed E-state index contributed by atoms with van der Waals surface area (Å²) in [6.07, 6.45) is 7.06. The number of amides is 1. The lowest BCUT2D eigenvalue weighted by Crippen LogP contribution is -2.41. The van der Waals surface area contributed by atoms with Crippen molar-refractivity contribution in [1.82, 2.24) is 9.80 Å². The van der Waals surface area contributed by atoms with Crippen LogP contribution in [0.25, 0.3) is 0 Å². The van der Waals surface area contributed by atoms with Gasteiger partial charge < -0.3 is 25.4 Å². The first-order valence-corrected chi connectivity index (χ1v) is 10.3. The zero-order valence-electron chi connectivity index (χ0n) is 17.4. The van der Waals surface area contributed by atoms with Crippen LogP contribution in [0, 0.1) is 0 Å². The second-order valence-electron chi connectivity index (χ2n) is 7.76. The van der Waals surface area contributed by atoms with E-state index in [9.17, 15) is 9.59 Å². The maximum Gasteiger partial charge on any atom is 0.323 e. The van der Waals surface area contributed by atoms with Gasteiger partial charge in [0.1, 0.15) is 12.3 Å². The van der Waals surface area contributed by atoms with E-state index in [0.717, 1.165) is 24.1 Å². The molecule has 0 saturated heterocycles. The molecule has 3 rings (SSSR count). The third-order valence-electron chi connectivity index (χ3n) is 5.62. The highest BCUT2D eigenvalue weighted by Gasteiger charge is 2.22. The Bertz CT molecular complexity index is 780. The van der Waals surface area contributed by atoms with Crippen molar-refractivity contribution >= 4 is 40.5 Å². The lowest BCUT2D eigenvalue weighted by atomic mass is 9.94. The quantitative estimate of drug-likeness (QED) is 0.551. The summed E-state index contributed by atoms with van der Waals surface area (Å²) in [5, 5.41) is 8.99. The first kappa shape index (κ1) is 24.0. The largest absolute Gasteiger partial charge is 0.494 e. The molecule has 0 atom stereocenters. The molecule has 0 spiro atoms. The fourth-order valence-corrected chi connectivity index (χ4v) is 3.93. The first-order valence-electron chi connectivity index (χ1n) is 10.3. The molecule has 0 aromatic heterocycles. The van der Waals surface area contributed by atoms with Crippen molar-refractivity contribution in [2.75, 3.05) is 20.2 Å². The van der Waals surface area contributed by atoms with Gasteiger partial charge in [0.2, 0.25) is 5.91 Å². The summed E-state index contributed by atoms with van der Waals surface area (Å²) in [4.78, 5) is 31.0. The summed E-state index contributed by atoms with van der Waals surface area (Å²) in [6.45, 7) is 0.628. The minimum atomic E-state index is -0.957. The number of carbonyl (C=O) groups is 2. The van der Waals surface area contributed by atoms with E-state index in [1.807, 2.05) is 30.1 Å². The van der Waals surface area contributed by atoms with Gasteiger partial charge in [-0.05, 0) is 37.5 Å². The van der Waals surface area contributed by atoms with Gasteiger partial charge in [0.15, 0.2) is 5.96 Å². The van der Waals surface area contributed by atoms with Crippen LogP contribution in [0.5, 0.6) is 5.75 Å². The normalized spacial score (nSPS) is 16.2. The van der Waals surface area contributed by atoms with E-state index in [-0.39, 0.29) is 35.4 Å². The van der Waals surface area contributed by atoms with E-state index in [0.29, 0.717) is 37.8 Å². The molecular formula is C21H31BrN4O4. The van der Waals surface area contributed by atoms with Crippen LogP contribution >= 0.6 is 17.0 Å². The van der Waals surface area contributed by atoms with Crippen molar-refractivity contribution in [3.8, 4) is 5.75 Å². The molecule has 1 aliphatic carbocycles. The Labute approximate surface area is 187 Å². The van der Waals surface area contributed by atoms with Crippen LogP contribution in [-0.2, 0) is 16.1 Å². The average Bonchev–Trinajstić information content (AvgIpc) is 2.71. The van der Waals surface area contributed by atoms with Crippen LogP contribution in [0.3, 0.4) is 0 Å². The van der Waals surface area contributed by atoms with Crippen LogP contribution < -0.4 is 10.5 Å². The van der Waals surface area contributed by atoms with Crippen LogP contribution in [-0.4, -0.2) is 59.0 Å². The van der Waals surface area contributed by atoms with Crippen molar-refractivity contribution in [3.05, 3.63) is 23.8 Å². The van der Waals surface area contributed by atoms with Gasteiger partial charge in [-0.3, -0.25) is 9.59 Å². The smallest absolute Gasteiger partial charge is 0.323 e. The third kappa shape index (κ3) is 6.35. The molecule has 1 amide bonds. The highest BCUT2D eigenvalue weighted by atomic mass is 79.9. The molecule has 0 unspecified atom stereocenters. The van der Waals surface area contributed by atoms with Crippen molar-refractivity contribution in [3.63, 3.8) is 0 Å². The van der Waals surface area contributed by atoms with Gasteiger partial charge in [-0.2, -0.15) is 0 Å². The van der Waals surface area contributed by atoms with Crippen LogP contribution in [0.15, 0.2) is 23.2 Å². The number of aliphatic carboxylic acids is 1. The van der Waals surface area contributed by atoms with E-state index in [4.69, 9.17) is 15.6 Å². The molecule has 30 heavy (non-hydrogen) atoms. The number of benzene rings is 1. The molecule has 2 aliphatic rings. The van der Waals surface area contributed by atoms with E-state index >= 15 is 0 Å². The summed E-state index contributed by atoms with van der Waals surface area (Å²) >= 11 is 0. The molecule has 1 saturated carbocycles. The molecule has 1 fully saturated rings. The number of halogens is 1. The molecule has 8 nitrogen and oxygen atoms in total. The monoisotopic (exact) mass is 482 g/mol. The van der Waals surface area contributed by atoms with E-state index in [2.05, 4.69) is 4.99 Å². The van der Waals surface area contributed by atoms with Crippen molar-refractivity contribution in [1.29, 1.82) is 0 Å². The molecule has 1 aromatic carbocycles. The highest BCUT2D eigenvalue weighted by Crippen LogP contribution is 2.29. The molecule has 0 radical (unpaired) electrons. The standard InChI is InChI=1S/C21H30N4O4.BrH/c1-24(16-6-3-2-4-7-16)19(26)8-5-11-29-17-9-10-18-15(12-17)13-25(14-20(27)28)21(22)23-18;/h9-10,12,16H,2-8,11,13-14H2,1H3,(H2,22,23)(H,27,28);1H. The number of carboxylic acids is 1. The topological polar surface area (TPSA) is 108 Å². The number of hydrogen-bond donors (Lipinski definition) is 2. The number of hydrogen-bond acceptors (Lipinski definition) is 6. The first-order chi connectivity index (χ1) is 13.9. The third-order valence-corrected chi connectivity index (χ3v) is 5.62. The predicted molar refractivity (Wildman–Crippen MR) is 120 cm³/mol. The Balaban J connectivity index is 0.00000320. The van der Waals surface area contributed by atoms with Crippen molar-refractivity contribution in [2.45, 2.75) is 57.5 Å². The Morgan fingerprint density at radius 3 is 2.73 bits per heavy atom. The van der Waals surface area contributed by atoms with Crippen LogP contribution in [0.2, 0.25) is 0 Å². The number of nitrogens with two attached hydrogens (primary N) is 1. The maximum absolute atomic E-state index is 12.4. The minimum Gasteiger partial charge on any atom is -0.494 e. The molecule has 1 aromatic rings. The van der Waals surface area contributed by atoms with E-state index in [1.165, 1.54) is 24.2 Å². The predicted octanol–water partition coefficient (Wildman–Crippen LogP) is 3.06. The molecule has 3 N–H and O–H groups in total. The highest BCUT2D eigenvalue weighted by molar-refractivity contribution is 8.93. The zero-order valence-corrected chi connectivity index (χ0v) is 19.1. The second kappa shape index (κ2) is 11.2. The fourth-order valence-electron chi connectivity index (χ4n) is 3.93. The summed E-state index contributed by atoms with van der Waals surface area (Å²) in [7, 11) is 1.91. The Hall–Kier alpha value is -2.29. The molecular weight excluding hydrogens is 452 g/mol. The maximum atomic E-state index is 12.4. The number of rotatable bonds is 8. The van der Waals surface area contributed by atoms with Gasteiger partial charge >= 0.3 is 5.97 Å². The zero-order chi connectivity index (χ0) is 20.8. The Morgan fingerprint density at radius 1 is 1.30 bits per heavy atom. The van der Waals surface area contributed by atoms with Crippen LogP contribution in [0.1, 0.15) is 50.5 Å². The fraction of sp³-hybridized carbons (Fsp3) is 0.571. The lowest BCUT2D eigenvalue weighted by Gasteiger charge is -2.31.